The molecule has 2 heterocycles. The smallest absolute Gasteiger partial charge is 0.243 e. The summed E-state index contributed by atoms with van der Waals surface area (Å²) in [7, 11) is 0. The van der Waals surface area contributed by atoms with Gasteiger partial charge in [0.05, 0.1) is 0 Å². The molecule has 0 aliphatic rings. The third kappa shape index (κ3) is 5.84. The quantitative estimate of drug-likeness (QED) is 0.254. The number of Topliss-reactive ketones (excluding diaryl/α,β-unsaturated/α-hetero) is 1. The molecule has 5 heteroatoms. The number of aromatic amines is 1. The van der Waals surface area contributed by atoms with E-state index in [1.165, 1.54) is 10.9 Å². The Morgan fingerprint density at radius 2 is 1.65 bits per heavy atom. The molecule has 0 aliphatic heterocycles. The minimum atomic E-state index is -0.233. The number of H-pyrrole nitrogens is 1. The monoisotopic (exact) mass is 455 g/mol. The highest BCUT2D eigenvalue weighted by molar-refractivity contribution is 5.91. The number of hydrogen-bond acceptors (Lipinski definition) is 2. The molecule has 0 bridgehead atoms. The van der Waals surface area contributed by atoms with Crippen LogP contribution in [0.5, 0.6) is 0 Å². The van der Waals surface area contributed by atoms with Crippen LogP contribution in [-0.2, 0) is 16.0 Å². The lowest BCUT2D eigenvalue weighted by Gasteiger charge is -2.19. The van der Waals surface area contributed by atoms with Crippen molar-refractivity contribution in [1.82, 2.24) is 14.9 Å². The molecule has 5 nitrogen and oxygen atoms in total. The van der Waals surface area contributed by atoms with Crippen molar-refractivity contribution >= 4 is 22.6 Å². The van der Waals surface area contributed by atoms with Gasteiger partial charge in [0.25, 0.3) is 0 Å². The highest BCUT2D eigenvalue weighted by Crippen LogP contribution is 2.30. The summed E-state index contributed by atoms with van der Waals surface area (Å²) in [6.45, 7) is 2.20. The van der Waals surface area contributed by atoms with Crippen LogP contribution in [-0.4, -0.2) is 27.8 Å². The number of carbonyl (C=O) groups is 2. The average Bonchev–Trinajstić information content (AvgIpc) is 3.50. The largest absolute Gasteiger partial charge is 0.354 e. The fourth-order valence-electron chi connectivity index (χ4n) is 4.60. The molecule has 1 atom stereocenters. The second kappa shape index (κ2) is 11.5. The van der Waals surface area contributed by atoms with Crippen molar-refractivity contribution in [3.63, 3.8) is 0 Å². The zero-order valence-electron chi connectivity index (χ0n) is 19.8. The van der Waals surface area contributed by atoms with Crippen molar-refractivity contribution in [2.24, 2.45) is 0 Å². The van der Waals surface area contributed by atoms with Crippen LogP contribution in [0.3, 0.4) is 0 Å². The number of benzene rings is 2. The number of nitrogens with zero attached hydrogens (tertiary/aromatic N) is 1. The number of fused-ring (bicyclic) bond motifs is 1. The normalized spacial score (nSPS) is 12.0. The number of unbranched alkanes of at least 4 members (excludes halogenated alkanes) is 2. The molecule has 34 heavy (non-hydrogen) atoms. The molecule has 0 aliphatic carbocycles. The molecule has 0 radical (unpaired) electrons. The Bertz CT molecular complexity index is 1210. The lowest BCUT2D eigenvalue weighted by molar-refractivity contribution is -0.124. The van der Waals surface area contributed by atoms with Crippen molar-refractivity contribution in [2.45, 2.75) is 51.5 Å². The van der Waals surface area contributed by atoms with Crippen molar-refractivity contribution in [2.75, 3.05) is 6.54 Å². The van der Waals surface area contributed by atoms with Gasteiger partial charge in [0.1, 0.15) is 11.8 Å². The summed E-state index contributed by atoms with van der Waals surface area (Å²) < 4.78 is 1.99. The van der Waals surface area contributed by atoms with Gasteiger partial charge in [-0.25, -0.2) is 0 Å². The maximum absolute atomic E-state index is 13.2. The molecule has 2 N–H and O–H groups in total. The Kier molecular flexibility index (Phi) is 7.97. The van der Waals surface area contributed by atoms with E-state index in [1.54, 1.807) is 6.92 Å². The zero-order chi connectivity index (χ0) is 23.8. The summed E-state index contributed by atoms with van der Waals surface area (Å²) >= 11 is 0. The van der Waals surface area contributed by atoms with E-state index in [9.17, 15) is 9.59 Å². The van der Waals surface area contributed by atoms with Crippen LogP contribution < -0.4 is 5.32 Å². The van der Waals surface area contributed by atoms with E-state index in [0.29, 0.717) is 13.0 Å². The van der Waals surface area contributed by atoms with Crippen LogP contribution >= 0.6 is 0 Å². The first kappa shape index (κ1) is 23.6. The highest BCUT2D eigenvalue weighted by Gasteiger charge is 2.20. The Labute approximate surface area is 201 Å². The molecule has 2 aromatic heterocycles. The molecule has 0 saturated carbocycles. The Morgan fingerprint density at radius 1 is 0.912 bits per heavy atom. The van der Waals surface area contributed by atoms with Gasteiger partial charge < -0.3 is 19.7 Å². The average molecular weight is 456 g/mol. The van der Waals surface area contributed by atoms with Gasteiger partial charge in [-0.2, -0.15) is 0 Å². The van der Waals surface area contributed by atoms with Gasteiger partial charge in [-0.15, -0.1) is 0 Å². The number of para-hydroxylation sites is 1. The molecule has 0 spiro atoms. The van der Waals surface area contributed by atoms with E-state index in [2.05, 4.69) is 40.6 Å². The number of nitrogens with one attached hydrogen (secondary N) is 2. The molecule has 4 aromatic rings. The third-order valence-electron chi connectivity index (χ3n) is 6.35. The van der Waals surface area contributed by atoms with E-state index in [0.717, 1.165) is 48.9 Å². The molecule has 176 valence electrons. The van der Waals surface area contributed by atoms with Crippen LogP contribution in [0.15, 0.2) is 79.1 Å². The van der Waals surface area contributed by atoms with Gasteiger partial charge in [0.2, 0.25) is 5.91 Å². The maximum Gasteiger partial charge on any atom is 0.243 e. The Morgan fingerprint density at radius 3 is 2.41 bits per heavy atom. The Hall–Kier alpha value is -3.60. The summed E-state index contributed by atoms with van der Waals surface area (Å²) in [6, 6.07) is 22.3. The topological polar surface area (TPSA) is 66.9 Å². The second-order valence-electron chi connectivity index (χ2n) is 8.88. The molecule has 1 unspecified atom stereocenters. The Balaban J connectivity index is 1.42. The summed E-state index contributed by atoms with van der Waals surface area (Å²) in [5, 5.41) is 4.38. The number of aromatic nitrogens is 2. The number of amides is 1. The van der Waals surface area contributed by atoms with Crippen molar-refractivity contribution in [1.29, 1.82) is 0 Å². The van der Waals surface area contributed by atoms with Crippen LogP contribution in [0, 0.1) is 0 Å². The molecule has 0 saturated heterocycles. The number of rotatable bonds is 12. The van der Waals surface area contributed by atoms with Gasteiger partial charge in [-0.1, -0.05) is 61.4 Å². The van der Waals surface area contributed by atoms with Gasteiger partial charge in [0.15, 0.2) is 0 Å². The van der Waals surface area contributed by atoms with Gasteiger partial charge >= 0.3 is 0 Å². The molecule has 0 fully saturated rings. The first-order valence-corrected chi connectivity index (χ1v) is 12.2. The van der Waals surface area contributed by atoms with E-state index in [-0.39, 0.29) is 17.7 Å². The maximum atomic E-state index is 13.2. The van der Waals surface area contributed by atoms with E-state index < -0.39 is 0 Å². The first-order valence-electron chi connectivity index (χ1n) is 12.2. The van der Waals surface area contributed by atoms with Crippen LogP contribution in [0.4, 0.5) is 0 Å². The fourth-order valence-corrected chi connectivity index (χ4v) is 4.60. The minimum absolute atomic E-state index is 0.0453. The van der Waals surface area contributed by atoms with Crippen LogP contribution in [0.2, 0.25) is 0 Å². The predicted molar refractivity (Wildman–Crippen MR) is 138 cm³/mol. The summed E-state index contributed by atoms with van der Waals surface area (Å²) in [6.07, 6.45) is 8.80. The van der Waals surface area contributed by atoms with Gasteiger partial charge in [-0.3, -0.25) is 4.79 Å². The van der Waals surface area contributed by atoms with Gasteiger partial charge in [-0.05, 0) is 55.5 Å². The van der Waals surface area contributed by atoms with Crippen molar-refractivity contribution in [3.8, 4) is 11.3 Å². The van der Waals surface area contributed by atoms with E-state index in [4.69, 9.17) is 0 Å². The number of hydrogen-bond donors (Lipinski definition) is 2. The van der Waals surface area contributed by atoms with Crippen molar-refractivity contribution < 1.29 is 9.59 Å². The molecule has 2 aromatic carbocycles. The SMILES string of the molecule is CC(=O)CCCCCC(C(=O)NCCc1c(-c2ccccc2)[nH]c2ccccc12)n1cccc1. The molecule has 4 rings (SSSR count). The lowest BCUT2D eigenvalue weighted by atomic mass is 10.0. The molecular formula is C29H33N3O2. The first-order chi connectivity index (χ1) is 16.6. The van der Waals surface area contributed by atoms with Crippen LogP contribution in [0.1, 0.15) is 50.6 Å². The van der Waals surface area contributed by atoms with Crippen molar-refractivity contribution in [3.05, 3.63) is 84.7 Å². The second-order valence-corrected chi connectivity index (χ2v) is 8.88. The van der Waals surface area contributed by atoms with E-state index in [1.807, 2.05) is 53.4 Å². The summed E-state index contributed by atoms with van der Waals surface area (Å²) in [5.41, 5.74) is 4.60. The van der Waals surface area contributed by atoms with E-state index >= 15 is 0 Å². The number of carbonyl (C=O) groups excluding carboxylic acids is 2. The lowest BCUT2D eigenvalue weighted by Crippen LogP contribution is -2.33. The minimum Gasteiger partial charge on any atom is -0.354 e. The molecule has 1 amide bonds. The fraction of sp³-hybridized carbons (Fsp3) is 0.310. The molecular weight excluding hydrogens is 422 g/mol. The zero-order valence-corrected chi connectivity index (χ0v) is 19.8. The summed E-state index contributed by atoms with van der Waals surface area (Å²) in [4.78, 5) is 27.9. The third-order valence-corrected chi connectivity index (χ3v) is 6.35. The predicted octanol–water partition coefficient (Wildman–Crippen LogP) is 6.08. The number of ketones is 1. The highest BCUT2D eigenvalue weighted by atomic mass is 16.2. The van der Waals surface area contributed by atoms with Crippen LogP contribution in [0.25, 0.3) is 22.2 Å². The summed E-state index contributed by atoms with van der Waals surface area (Å²) in [5.74, 6) is 0.274. The standard InChI is InChI=1S/C29H33N3O2/c1-22(33)12-4-2-7-17-27(32-20-10-11-21-32)29(34)30-19-18-25-24-15-8-9-16-26(24)31-28(25)23-13-5-3-6-14-23/h3,5-6,8-11,13-16,20-21,27,31H,2,4,7,12,17-19H2,1H3,(H,30,34). The van der Waals surface area contributed by atoms with Gasteiger partial charge in [0, 0.05) is 42.0 Å².